The summed E-state index contributed by atoms with van der Waals surface area (Å²) < 4.78 is 32.4. The van der Waals surface area contributed by atoms with E-state index < -0.39 is 16.0 Å². The van der Waals surface area contributed by atoms with Crippen LogP contribution < -0.4 is 4.74 Å². The van der Waals surface area contributed by atoms with E-state index in [4.69, 9.17) is 16.3 Å². The molecule has 2 aromatic carbocycles. The van der Waals surface area contributed by atoms with E-state index in [0.717, 1.165) is 5.56 Å². The Balaban J connectivity index is 1.67. The Morgan fingerprint density at radius 1 is 1.03 bits per heavy atom. The molecule has 2 heterocycles. The van der Waals surface area contributed by atoms with E-state index in [0.29, 0.717) is 15.9 Å². The zero-order chi connectivity index (χ0) is 20.6. The topological polar surface area (TPSA) is 78.3 Å². The third kappa shape index (κ3) is 3.74. The number of benzene rings is 2. The molecule has 6 nitrogen and oxygen atoms in total. The predicted octanol–water partition coefficient (Wildman–Crippen LogP) is 4.45. The van der Waals surface area contributed by atoms with Gasteiger partial charge in [0.1, 0.15) is 0 Å². The molecule has 0 saturated carbocycles. The number of hydrogen-bond donors (Lipinski definition) is 0. The lowest BCUT2D eigenvalue weighted by Crippen LogP contribution is -2.12. The average Bonchev–Trinajstić information content (AvgIpc) is 3.12. The third-order valence-electron chi connectivity index (χ3n) is 4.36. The van der Waals surface area contributed by atoms with Crippen LogP contribution in [0.4, 0.5) is 0 Å². The number of carbonyl (C=O) groups excluding carboxylic acids is 1. The Morgan fingerprint density at radius 2 is 1.79 bits per heavy atom. The first-order valence-electron chi connectivity index (χ1n) is 8.61. The number of rotatable bonds is 4. The Labute approximate surface area is 172 Å². The van der Waals surface area contributed by atoms with Crippen LogP contribution in [0.3, 0.4) is 0 Å². The molecule has 4 aromatic rings. The highest BCUT2D eigenvalue weighted by molar-refractivity contribution is 7.90. The Kier molecular flexibility index (Phi) is 4.86. The summed E-state index contributed by atoms with van der Waals surface area (Å²) in [4.78, 5) is 16.5. The van der Waals surface area contributed by atoms with Crippen LogP contribution in [0.2, 0.25) is 5.02 Å². The third-order valence-corrected chi connectivity index (χ3v) is 6.27. The molecule has 0 aliphatic rings. The number of pyridine rings is 1. The molecule has 0 saturated heterocycles. The van der Waals surface area contributed by atoms with Gasteiger partial charge in [0.05, 0.1) is 27.2 Å². The van der Waals surface area contributed by atoms with Gasteiger partial charge in [-0.15, -0.1) is 0 Å². The highest BCUT2D eigenvalue weighted by Crippen LogP contribution is 2.24. The number of aromatic nitrogens is 2. The average molecular weight is 427 g/mol. The number of aryl methyl sites for hydroxylation is 1. The smallest absolute Gasteiger partial charge is 0.343 e. The standard InChI is InChI=1S/C21H15ClN2O4S/c1-14-2-5-19(6-3-14)29(26,27)24-9-8-15-10-16(4-7-20(15)24)21(25)28-18-11-17(22)12-23-13-18/h2-13H,1H3. The molecule has 0 N–H and O–H groups in total. The normalized spacial score (nSPS) is 11.5. The maximum Gasteiger partial charge on any atom is 0.343 e. The van der Waals surface area contributed by atoms with Crippen molar-refractivity contribution in [2.45, 2.75) is 11.8 Å². The maximum absolute atomic E-state index is 13.0. The predicted molar refractivity (Wildman–Crippen MR) is 110 cm³/mol. The maximum atomic E-state index is 13.0. The van der Waals surface area contributed by atoms with Gasteiger partial charge in [-0.25, -0.2) is 17.2 Å². The highest BCUT2D eigenvalue weighted by Gasteiger charge is 2.19. The van der Waals surface area contributed by atoms with Crippen LogP contribution >= 0.6 is 11.6 Å². The SMILES string of the molecule is Cc1ccc(S(=O)(=O)n2ccc3cc(C(=O)Oc4cncc(Cl)c4)ccc32)cc1. The Bertz CT molecular complexity index is 1330. The second kappa shape index (κ2) is 7.35. The summed E-state index contributed by atoms with van der Waals surface area (Å²) in [5.41, 5.74) is 1.72. The van der Waals surface area contributed by atoms with Crippen LogP contribution in [0.15, 0.2) is 78.1 Å². The Hall–Kier alpha value is -3.16. The van der Waals surface area contributed by atoms with Crippen LogP contribution in [0.25, 0.3) is 10.9 Å². The van der Waals surface area contributed by atoms with Gasteiger partial charge in [0.25, 0.3) is 10.0 Å². The van der Waals surface area contributed by atoms with Crippen LogP contribution in [-0.4, -0.2) is 23.3 Å². The number of carbonyl (C=O) groups is 1. The van der Waals surface area contributed by atoms with Gasteiger partial charge in [-0.05, 0) is 43.3 Å². The van der Waals surface area contributed by atoms with Crippen molar-refractivity contribution in [1.29, 1.82) is 0 Å². The summed E-state index contributed by atoms with van der Waals surface area (Å²) in [6.07, 6.45) is 4.28. The number of halogens is 1. The molecule has 4 rings (SSSR count). The van der Waals surface area contributed by atoms with Crippen LogP contribution in [0, 0.1) is 6.92 Å². The molecule has 0 amide bonds. The van der Waals surface area contributed by atoms with E-state index in [-0.39, 0.29) is 16.2 Å². The minimum Gasteiger partial charge on any atom is -0.421 e. The molecule has 0 atom stereocenters. The minimum atomic E-state index is -3.75. The van der Waals surface area contributed by atoms with E-state index in [2.05, 4.69) is 4.98 Å². The van der Waals surface area contributed by atoms with E-state index in [9.17, 15) is 13.2 Å². The fraction of sp³-hybridized carbons (Fsp3) is 0.0476. The molecule has 0 aliphatic heterocycles. The zero-order valence-corrected chi connectivity index (χ0v) is 16.8. The van der Waals surface area contributed by atoms with E-state index >= 15 is 0 Å². The second-order valence-corrected chi connectivity index (χ2v) is 8.68. The molecule has 146 valence electrons. The van der Waals surface area contributed by atoms with Crippen molar-refractivity contribution in [1.82, 2.24) is 8.96 Å². The molecule has 0 bridgehead atoms. The van der Waals surface area contributed by atoms with Crippen molar-refractivity contribution in [2.75, 3.05) is 0 Å². The van der Waals surface area contributed by atoms with Gasteiger partial charge in [0, 0.05) is 23.8 Å². The lowest BCUT2D eigenvalue weighted by atomic mass is 10.1. The Morgan fingerprint density at radius 3 is 2.52 bits per heavy atom. The molecule has 29 heavy (non-hydrogen) atoms. The molecule has 8 heteroatoms. The van der Waals surface area contributed by atoms with Crippen molar-refractivity contribution in [3.63, 3.8) is 0 Å². The van der Waals surface area contributed by atoms with Gasteiger partial charge >= 0.3 is 5.97 Å². The number of fused-ring (bicyclic) bond motifs is 1. The minimum absolute atomic E-state index is 0.192. The van der Waals surface area contributed by atoms with Crippen LogP contribution in [0.5, 0.6) is 5.75 Å². The van der Waals surface area contributed by atoms with Crippen LogP contribution in [-0.2, 0) is 10.0 Å². The van der Waals surface area contributed by atoms with Gasteiger partial charge in [-0.1, -0.05) is 29.3 Å². The van der Waals surface area contributed by atoms with Crippen molar-refractivity contribution in [3.05, 3.63) is 89.3 Å². The number of hydrogen-bond acceptors (Lipinski definition) is 5. The van der Waals surface area contributed by atoms with Crippen molar-refractivity contribution in [2.24, 2.45) is 0 Å². The van der Waals surface area contributed by atoms with Gasteiger partial charge in [-0.3, -0.25) is 4.98 Å². The first-order valence-corrected chi connectivity index (χ1v) is 10.4. The number of esters is 1. The van der Waals surface area contributed by atoms with Crippen molar-refractivity contribution in [3.8, 4) is 5.75 Å². The summed E-state index contributed by atoms with van der Waals surface area (Å²) in [6.45, 7) is 1.89. The lowest BCUT2D eigenvalue weighted by Gasteiger charge is -2.09. The van der Waals surface area contributed by atoms with Crippen LogP contribution in [0.1, 0.15) is 15.9 Å². The molecular formula is C21H15ClN2O4S. The summed E-state index contributed by atoms with van der Waals surface area (Å²) in [6, 6.07) is 14.4. The zero-order valence-electron chi connectivity index (χ0n) is 15.2. The molecule has 2 aromatic heterocycles. The summed E-state index contributed by atoms with van der Waals surface area (Å²) in [5, 5.41) is 0.948. The van der Waals surface area contributed by atoms with Gasteiger partial charge in [0.15, 0.2) is 5.75 Å². The fourth-order valence-electron chi connectivity index (χ4n) is 2.89. The van der Waals surface area contributed by atoms with E-state index in [1.165, 1.54) is 34.7 Å². The largest absolute Gasteiger partial charge is 0.421 e. The summed E-state index contributed by atoms with van der Waals surface area (Å²) in [5.74, 6) is -0.368. The van der Waals surface area contributed by atoms with Crippen molar-refractivity contribution < 1.29 is 17.9 Å². The highest BCUT2D eigenvalue weighted by atomic mass is 35.5. The monoisotopic (exact) mass is 426 g/mol. The summed E-state index contributed by atoms with van der Waals surface area (Å²) >= 11 is 5.84. The molecule has 0 aliphatic carbocycles. The molecule has 0 spiro atoms. The first kappa shape index (κ1) is 19.2. The van der Waals surface area contributed by atoms with E-state index in [1.54, 1.807) is 42.5 Å². The molecule has 0 radical (unpaired) electrons. The fourth-order valence-corrected chi connectivity index (χ4v) is 4.41. The van der Waals surface area contributed by atoms with Crippen molar-refractivity contribution >= 4 is 38.5 Å². The second-order valence-electron chi connectivity index (χ2n) is 6.43. The first-order chi connectivity index (χ1) is 13.8. The summed E-state index contributed by atoms with van der Waals surface area (Å²) in [7, 11) is -3.75. The van der Waals surface area contributed by atoms with Gasteiger partial charge in [0.2, 0.25) is 0 Å². The number of nitrogens with zero attached hydrogens (tertiary/aromatic N) is 2. The van der Waals surface area contributed by atoms with Gasteiger partial charge in [-0.2, -0.15) is 0 Å². The van der Waals surface area contributed by atoms with E-state index in [1.807, 2.05) is 6.92 Å². The quantitative estimate of drug-likeness (QED) is 0.450. The molecule has 0 fully saturated rings. The molecular weight excluding hydrogens is 412 g/mol. The molecule has 0 unspecified atom stereocenters. The van der Waals surface area contributed by atoms with Gasteiger partial charge < -0.3 is 4.74 Å². The lowest BCUT2D eigenvalue weighted by molar-refractivity contribution is 0.0734. The number of ether oxygens (including phenoxy) is 1.